The van der Waals surface area contributed by atoms with E-state index in [1.54, 1.807) is 0 Å². The Morgan fingerprint density at radius 3 is 2.78 bits per heavy atom. The largest absolute Gasteiger partial charge is 0.378 e. The molecule has 0 amide bonds. The number of ether oxygens (including phenoxy) is 1. The van der Waals surface area contributed by atoms with Gasteiger partial charge in [0, 0.05) is 12.6 Å². The van der Waals surface area contributed by atoms with Crippen molar-refractivity contribution in [2.45, 2.75) is 77.4 Å². The first kappa shape index (κ1) is 14.3. The van der Waals surface area contributed by atoms with Gasteiger partial charge in [-0.15, -0.1) is 0 Å². The summed E-state index contributed by atoms with van der Waals surface area (Å²) in [7, 11) is 0. The molecule has 2 heteroatoms. The molecule has 106 valence electrons. The molecular formula is C16H31NO. The maximum Gasteiger partial charge on any atom is 0.0588 e. The number of hydrogen-bond donors (Lipinski definition) is 1. The number of rotatable bonds is 6. The number of nitrogens with one attached hydrogen (secondary N) is 1. The van der Waals surface area contributed by atoms with Crippen molar-refractivity contribution in [2.24, 2.45) is 11.8 Å². The fourth-order valence-corrected chi connectivity index (χ4v) is 3.68. The minimum atomic E-state index is 0.549. The van der Waals surface area contributed by atoms with Crippen LogP contribution in [-0.2, 0) is 4.74 Å². The summed E-state index contributed by atoms with van der Waals surface area (Å²) in [6.45, 7) is 6.86. The van der Waals surface area contributed by atoms with Crippen molar-refractivity contribution in [1.29, 1.82) is 0 Å². The van der Waals surface area contributed by atoms with E-state index in [9.17, 15) is 0 Å². The van der Waals surface area contributed by atoms with Gasteiger partial charge in [-0.1, -0.05) is 26.7 Å². The van der Waals surface area contributed by atoms with Crippen LogP contribution in [0.5, 0.6) is 0 Å². The lowest BCUT2D eigenvalue weighted by Crippen LogP contribution is -2.36. The van der Waals surface area contributed by atoms with Crippen LogP contribution >= 0.6 is 0 Å². The van der Waals surface area contributed by atoms with Gasteiger partial charge >= 0.3 is 0 Å². The van der Waals surface area contributed by atoms with Crippen LogP contribution in [0.25, 0.3) is 0 Å². The van der Waals surface area contributed by atoms with Gasteiger partial charge in [0.05, 0.1) is 6.10 Å². The first-order valence-corrected chi connectivity index (χ1v) is 8.09. The molecule has 0 spiro atoms. The molecule has 0 aromatic rings. The van der Waals surface area contributed by atoms with Crippen LogP contribution in [0.1, 0.15) is 65.2 Å². The average molecular weight is 253 g/mol. The molecule has 1 heterocycles. The third kappa shape index (κ3) is 4.89. The lowest BCUT2D eigenvalue weighted by atomic mass is 9.81. The third-order valence-electron chi connectivity index (χ3n) is 4.51. The SMILES string of the molecule is CC(C)CC1CCCC(NCCC2CCCO2)C1. The summed E-state index contributed by atoms with van der Waals surface area (Å²) in [5, 5.41) is 3.77. The fourth-order valence-electron chi connectivity index (χ4n) is 3.68. The molecule has 0 radical (unpaired) electrons. The molecule has 1 aliphatic carbocycles. The second-order valence-electron chi connectivity index (χ2n) is 6.74. The molecule has 2 fully saturated rings. The zero-order chi connectivity index (χ0) is 12.8. The summed E-state index contributed by atoms with van der Waals surface area (Å²) in [6, 6.07) is 0.781. The van der Waals surface area contributed by atoms with Gasteiger partial charge in [0.1, 0.15) is 0 Å². The van der Waals surface area contributed by atoms with Gasteiger partial charge in [0.2, 0.25) is 0 Å². The van der Waals surface area contributed by atoms with Crippen molar-refractivity contribution in [3.05, 3.63) is 0 Å². The topological polar surface area (TPSA) is 21.3 Å². The Balaban J connectivity index is 1.59. The van der Waals surface area contributed by atoms with Crippen molar-refractivity contribution in [3.8, 4) is 0 Å². The molecule has 3 unspecified atom stereocenters. The zero-order valence-electron chi connectivity index (χ0n) is 12.3. The van der Waals surface area contributed by atoms with E-state index in [0.717, 1.165) is 31.0 Å². The molecule has 18 heavy (non-hydrogen) atoms. The summed E-state index contributed by atoms with van der Waals surface area (Å²) in [6.07, 6.45) is 11.4. The summed E-state index contributed by atoms with van der Waals surface area (Å²) in [5.41, 5.74) is 0. The van der Waals surface area contributed by atoms with Gasteiger partial charge in [0.25, 0.3) is 0 Å². The van der Waals surface area contributed by atoms with E-state index >= 15 is 0 Å². The smallest absolute Gasteiger partial charge is 0.0588 e. The average Bonchev–Trinajstić information content (AvgIpc) is 2.82. The molecule has 2 nitrogen and oxygen atoms in total. The molecule has 1 N–H and O–H groups in total. The van der Waals surface area contributed by atoms with Crippen molar-refractivity contribution in [2.75, 3.05) is 13.2 Å². The highest BCUT2D eigenvalue weighted by molar-refractivity contribution is 4.79. The maximum atomic E-state index is 5.68. The van der Waals surface area contributed by atoms with E-state index in [-0.39, 0.29) is 0 Å². The van der Waals surface area contributed by atoms with Crippen LogP contribution in [0.15, 0.2) is 0 Å². The van der Waals surface area contributed by atoms with Crippen LogP contribution < -0.4 is 5.32 Å². The monoisotopic (exact) mass is 253 g/mol. The first-order chi connectivity index (χ1) is 8.74. The maximum absolute atomic E-state index is 5.68. The molecule has 3 atom stereocenters. The van der Waals surface area contributed by atoms with E-state index in [1.807, 2.05) is 0 Å². The molecular weight excluding hydrogens is 222 g/mol. The molecule has 1 saturated heterocycles. The second-order valence-corrected chi connectivity index (χ2v) is 6.74. The highest BCUT2D eigenvalue weighted by Gasteiger charge is 2.22. The van der Waals surface area contributed by atoms with Crippen molar-refractivity contribution in [3.63, 3.8) is 0 Å². The summed E-state index contributed by atoms with van der Waals surface area (Å²) in [4.78, 5) is 0. The lowest BCUT2D eigenvalue weighted by Gasteiger charge is -2.31. The van der Waals surface area contributed by atoms with E-state index in [1.165, 1.54) is 51.4 Å². The van der Waals surface area contributed by atoms with E-state index in [4.69, 9.17) is 4.74 Å². The molecule has 1 aliphatic heterocycles. The normalized spacial score (nSPS) is 33.2. The molecule has 0 aromatic carbocycles. The first-order valence-electron chi connectivity index (χ1n) is 8.09. The molecule has 2 rings (SSSR count). The van der Waals surface area contributed by atoms with Crippen molar-refractivity contribution >= 4 is 0 Å². The summed E-state index contributed by atoms with van der Waals surface area (Å²) < 4.78 is 5.68. The minimum Gasteiger partial charge on any atom is -0.378 e. The standard InChI is InChI=1S/C16H31NO/c1-13(2)11-14-5-3-6-15(12-14)17-9-8-16-7-4-10-18-16/h13-17H,3-12H2,1-2H3. The summed E-state index contributed by atoms with van der Waals surface area (Å²) >= 11 is 0. The fraction of sp³-hybridized carbons (Fsp3) is 1.00. The number of hydrogen-bond acceptors (Lipinski definition) is 2. The van der Waals surface area contributed by atoms with Gasteiger partial charge in [0.15, 0.2) is 0 Å². The molecule has 1 saturated carbocycles. The predicted octanol–water partition coefficient (Wildman–Crippen LogP) is 3.75. The molecule has 2 aliphatic rings. The van der Waals surface area contributed by atoms with Gasteiger partial charge in [-0.05, 0) is 56.9 Å². The Hall–Kier alpha value is -0.0800. The van der Waals surface area contributed by atoms with Gasteiger partial charge in [-0.25, -0.2) is 0 Å². The van der Waals surface area contributed by atoms with Crippen LogP contribution in [0, 0.1) is 11.8 Å². The Morgan fingerprint density at radius 2 is 2.06 bits per heavy atom. The predicted molar refractivity (Wildman–Crippen MR) is 76.8 cm³/mol. The van der Waals surface area contributed by atoms with Crippen LogP contribution in [0.2, 0.25) is 0 Å². The van der Waals surface area contributed by atoms with E-state index in [0.29, 0.717) is 6.10 Å². The lowest BCUT2D eigenvalue weighted by molar-refractivity contribution is 0.102. The van der Waals surface area contributed by atoms with Gasteiger partial charge in [-0.3, -0.25) is 0 Å². The van der Waals surface area contributed by atoms with E-state index in [2.05, 4.69) is 19.2 Å². The Kier molecular flexibility index (Phi) is 5.97. The Morgan fingerprint density at radius 1 is 1.17 bits per heavy atom. The summed E-state index contributed by atoms with van der Waals surface area (Å²) in [5.74, 6) is 1.83. The van der Waals surface area contributed by atoms with Gasteiger partial charge in [-0.2, -0.15) is 0 Å². The highest BCUT2D eigenvalue weighted by atomic mass is 16.5. The van der Waals surface area contributed by atoms with Crippen LogP contribution in [-0.4, -0.2) is 25.3 Å². The minimum absolute atomic E-state index is 0.549. The van der Waals surface area contributed by atoms with Crippen molar-refractivity contribution in [1.82, 2.24) is 5.32 Å². The van der Waals surface area contributed by atoms with Crippen LogP contribution in [0.3, 0.4) is 0 Å². The third-order valence-corrected chi connectivity index (χ3v) is 4.51. The Labute approximate surface area is 113 Å². The van der Waals surface area contributed by atoms with E-state index < -0.39 is 0 Å². The van der Waals surface area contributed by atoms with Crippen LogP contribution in [0.4, 0.5) is 0 Å². The quantitative estimate of drug-likeness (QED) is 0.778. The highest BCUT2D eigenvalue weighted by Crippen LogP contribution is 2.29. The van der Waals surface area contributed by atoms with Crippen molar-refractivity contribution < 1.29 is 4.74 Å². The van der Waals surface area contributed by atoms with Gasteiger partial charge < -0.3 is 10.1 Å². The second kappa shape index (κ2) is 7.49. The molecule has 0 aromatic heterocycles. The molecule has 0 bridgehead atoms. The zero-order valence-corrected chi connectivity index (χ0v) is 12.3. The Bertz CT molecular complexity index is 223.